The molecule has 2 unspecified atom stereocenters. The summed E-state index contributed by atoms with van der Waals surface area (Å²) in [6, 6.07) is -0.441. The van der Waals surface area contributed by atoms with Crippen LogP contribution in [0.25, 0.3) is 0 Å². The molecule has 0 saturated carbocycles. The summed E-state index contributed by atoms with van der Waals surface area (Å²) in [4.78, 5) is 46.7. The third kappa shape index (κ3) is 6.10. The van der Waals surface area contributed by atoms with Gasteiger partial charge in [0, 0.05) is 38.6 Å². The van der Waals surface area contributed by atoms with Crippen LogP contribution in [0.1, 0.15) is 26.2 Å². The van der Waals surface area contributed by atoms with Crippen LogP contribution in [0.15, 0.2) is 0 Å². The van der Waals surface area contributed by atoms with Crippen LogP contribution in [0.3, 0.4) is 0 Å². The van der Waals surface area contributed by atoms with Crippen molar-refractivity contribution in [2.45, 2.75) is 44.1 Å². The fourth-order valence-corrected chi connectivity index (χ4v) is 5.76. The molecule has 0 aromatic heterocycles. The molecule has 0 aromatic rings. The second-order valence-electron chi connectivity index (χ2n) is 9.14. The smallest absolute Gasteiger partial charge is 0.509 e. The number of carbonyl (C=O) groups is 4. The zero-order chi connectivity index (χ0) is 26.8. The summed E-state index contributed by atoms with van der Waals surface area (Å²) >= 11 is 0. The van der Waals surface area contributed by atoms with Gasteiger partial charge in [-0.05, 0) is 19.7 Å². The van der Waals surface area contributed by atoms with Crippen molar-refractivity contribution in [3.8, 4) is 0 Å². The Morgan fingerprint density at radius 2 is 1.91 bits per heavy atom. The highest BCUT2D eigenvalue weighted by molar-refractivity contribution is 7.86. The normalized spacial score (nSPS) is 28.7. The molecule has 15 nitrogen and oxygen atoms in total. The molecule has 35 heavy (non-hydrogen) atoms. The first-order chi connectivity index (χ1) is 16.1. The summed E-state index contributed by atoms with van der Waals surface area (Å²) < 4.78 is 38.0. The van der Waals surface area contributed by atoms with E-state index in [0.717, 1.165) is 8.61 Å². The second-order valence-corrected chi connectivity index (χ2v) is 11.2. The standard InChI is InChI=1S/C18H31BN4O11S/c1-11(20)7-22(2)35(31,32)23-8-12(18(21,9-23)15(28)29)4-3-5-19-33-10-17(14(26)27,6-13(24)25)16(30)34-19/h11-12H,3-10,20-21H2,1-2H3,(H,24,25)(H,26,27)(H,28,29)/t11?,12-,17?,18-/m0/s1. The number of aliphatic carboxylic acids is 3. The Hall–Kier alpha value is -2.31. The van der Waals surface area contributed by atoms with Crippen molar-refractivity contribution in [1.82, 2.24) is 8.61 Å². The molecule has 2 saturated heterocycles. The van der Waals surface area contributed by atoms with Gasteiger partial charge in [0.1, 0.15) is 5.54 Å². The van der Waals surface area contributed by atoms with E-state index < -0.39 is 83.7 Å². The van der Waals surface area contributed by atoms with Crippen LogP contribution in [0, 0.1) is 11.3 Å². The summed E-state index contributed by atoms with van der Waals surface area (Å²) in [5, 5.41) is 28.0. The molecule has 2 rings (SSSR count). The van der Waals surface area contributed by atoms with E-state index in [1.54, 1.807) is 6.92 Å². The lowest BCUT2D eigenvalue weighted by molar-refractivity contribution is -0.176. The molecule has 198 valence electrons. The van der Waals surface area contributed by atoms with Gasteiger partial charge in [0.05, 0.1) is 13.0 Å². The average Bonchev–Trinajstić information content (AvgIpc) is 3.08. The van der Waals surface area contributed by atoms with E-state index in [1.807, 2.05) is 0 Å². The molecule has 0 spiro atoms. The molecule has 7 N–H and O–H groups in total. The fourth-order valence-electron chi connectivity index (χ4n) is 4.20. The average molecular weight is 522 g/mol. The maximum atomic E-state index is 12.9. The van der Waals surface area contributed by atoms with Crippen molar-refractivity contribution >= 4 is 41.2 Å². The van der Waals surface area contributed by atoms with Gasteiger partial charge in [-0.15, -0.1) is 0 Å². The van der Waals surface area contributed by atoms with Gasteiger partial charge in [-0.25, -0.2) is 0 Å². The van der Waals surface area contributed by atoms with Crippen LogP contribution in [-0.2, 0) is 38.7 Å². The number of carboxylic acid groups (broad SMARTS) is 3. The van der Waals surface area contributed by atoms with E-state index in [9.17, 15) is 37.8 Å². The highest BCUT2D eigenvalue weighted by Gasteiger charge is 2.56. The predicted octanol–water partition coefficient (Wildman–Crippen LogP) is -2.39. The summed E-state index contributed by atoms with van der Waals surface area (Å²) in [5.41, 5.74) is 7.56. The Kier molecular flexibility index (Phi) is 8.89. The van der Waals surface area contributed by atoms with Crippen molar-refractivity contribution in [2.24, 2.45) is 22.8 Å². The Balaban J connectivity index is 2.03. The fraction of sp³-hybridized carbons (Fsp3) is 0.778. The maximum Gasteiger partial charge on any atom is 0.527 e. The second kappa shape index (κ2) is 10.8. The number of rotatable bonds is 12. The molecule has 0 aliphatic carbocycles. The first-order valence-corrected chi connectivity index (χ1v) is 12.2. The van der Waals surface area contributed by atoms with Gasteiger partial charge < -0.3 is 36.1 Å². The van der Waals surface area contributed by atoms with E-state index in [-0.39, 0.29) is 32.3 Å². The molecule has 2 heterocycles. The molecule has 0 bridgehead atoms. The third-order valence-electron chi connectivity index (χ3n) is 6.25. The lowest BCUT2D eigenvalue weighted by Gasteiger charge is -2.33. The van der Waals surface area contributed by atoms with Gasteiger partial charge >= 0.3 is 31.0 Å². The lowest BCUT2D eigenvalue weighted by atomic mass is 9.74. The Morgan fingerprint density at radius 3 is 2.40 bits per heavy atom. The monoisotopic (exact) mass is 522 g/mol. The SMILES string of the molecule is CC(N)CN(C)S(=O)(=O)N1C[C@H](CCCB2OCC(CC(=O)O)(C(=O)O)C(=O)O2)[C@](N)(C(=O)O)C1. The van der Waals surface area contributed by atoms with Crippen molar-refractivity contribution in [3.05, 3.63) is 0 Å². The van der Waals surface area contributed by atoms with Gasteiger partial charge in [0.25, 0.3) is 10.2 Å². The molecular formula is C18H31BN4O11S. The minimum absolute atomic E-state index is 0.0260. The lowest BCUT2D eigenvalue weighted by Crippen LogP contribution is -2.55. The van der Waals surface area contributed by atoms with Crippen molar-refractivity contribution in [3.63, 3.8) is 0 Å². The highest BCUT2D eigenvalue weighted by Crippen LogP contribution is 2.34. The van der Waals surface area contributed by atoms with E-state index in [0.29, 0.717) is 0 Å². The van der Waals surface area contributed by atoms with E-state index in [1.165, 1.54) is 7.05 Å². The van der Waals surface area contributed by atoms with Crippen molar-refractivity contribution in [2.75, 3.05) is 33.3 Å². The summed E-state index contributed by atoms with van der Waals surface area (Å²) in [6.45, 7) is 0.365. The number of hydrogen-bond donors (Lipinski definition) is 5. The molecule has 0 amide bonds. The maximum absolute atomic E-state index is 12.9. The van der Waals surface area contributed by atoms with Gasteiger partial charge in [-0.2, -0.15) is 17.0 Å². The van der Waals surface area contributed by atoms with Gasteiger partial charge in [0.15, 0.2) is 5.41 Å². The van der Waals surface area contributed by atoms with Crippen LogP contribution >= 0.6 is 0 Å². The minimum atomic E-state index is -4.01. The number of carbonyl (C=O) groups excluding carboxylic acids is 1. The van der Waals surface area contributed by atoms with Crippen molar-refractivity contribution < 1.29 is 52.2 Å². The third-order valence-corrected chi connectivity index (χ3v) is 8.12. The minimum Gasteiger partial charge on any atom is -0.509 e. The van der Waals surface area contributed by atoms with Crippen LogP contribution in [0.4, 0.5) is 0 Å². The topological polar surface area (TPSA) is 240 Å². The Bertz CT molecular complexity index is 964. The summed E-state index contributed by atoms with van der Waals surface area (Å²) in [7, 11) is -3.84. The molecule has 17 heteroatoms. The van der Waals surface area contributed by atoms with E-state index in [4.69, 9.17) is 25.9 Å². The predicted molar refractivity (Wildman–Crippen MR) is 119 cm³/mol. The van der Waals surface area contributed by atoms with Gasteiger partial charge in [-0.1, -0.05) is 6.42 Å². The van der Waals surface area contributed by atoms with Crippen LogP contribution in [-0.4, -0.2) is 108 Å². The van der Waals surface area contributed by atoms with E-state index in [2.05, 4.69) is 0 Å². The van der Waals surface area contributed by atoms with Crippen molar-refractivity contribution in [1.29, 1.82) is 0 Å². The van der Waals surface area contributed by atoms with Crippen LogP contribution < -0.4 is 11.5 Å². The Morgan fingerprint density at radius 1 is 1.29 bits per heavy atom. The van der Waals surface area contributed by atoms with Crippen LogP contribution in [0.5, 0.6) is 0 Å². The largest absolute Gasteiger partial charge is 0.527 e. The van der Waals surface area contributed by atoms with Gasteiger partial charge in [0.2, 0.25) is 0 Å². The first kappa shape index (κ1) is 28.9. The first-order valence-electron chi connectivity index (χ1n) is 10.8. The summed E-state index contributed by atoms with van der Waals surface area (Å²) in [5.74, 6) is -6.57. The van der Waals surface area contributed by atoms with Gasteiger partial charge in [-0.3, -0.25) is 19.2 Å². The molecular weight excluding hydrogens is 491 g/mol. The number of likely N-dealkylation sites (N-methyl/N-ethyl adjacent to an activating group) is 1. The van der Waals surface area contributed by atoms with E-state index >= 15 is 0 Å². The molecule has 0 radical (unpaired) electrons. The Labute approximate surface area is 202 Å². The number of nitrogens with two attached hydrogens (primary N) is 2. The zero-order valence-corrected chi connectivity index (χ0v) is 20.3. The molecule has 2 aliphatic heterocycles. The number of carboxylic acids is 3. The zero-order valence-electron chi connectivity index (χ0n) is 19.5. The number of hydrogen-bond acceptors (Lipinski definition) is 10. The molecule has 2 aliphatic rings. The highest BCUT2D eigenvalue weighted by atomic mass is 32.2. The van der Waals surface area contributed by atoms with Crippen LogP contribution in [0.2, 0.25) is 6.32 Å². The molecule has 4 atom stereocenters. The number of nitrogens with zero attached hydrogens (tertiary/aromatic N) is 2. The molecule has 0 aromatic carbocycles. The summed E-state index contributed by atoms with van der Waals surface area (Å²) in [6.07, 6.45) is -0.621. The molecule has 2 fully saturated rings. The quantitative estimate of drug-likeness (QED) is 0.133.